The summed E-state index contributed by atoms with van der Waals surface area (Å²) in [6.45, 7) is 2.24. The van der Waals surface area contributed by atoms with Crippen molar-refractivity contribution in [3.05, 3.63) is 40.5 Å². The van der Waals surface area contributed by atoms with Crippen LogP contribution in [-0.2, 0) is 0 Å². The highest BCUT2D eigenvalue weighted by Gasteiger charge is 2.47. The van der Waals surface area contributed by atoms with Crippen LogP contribution in [0.25, 0.3) is 0 Å². The predicted octanol–water partition coefficient (Wildman–Crippen LogP) is 4.35. The molecule has 1 aromatic carbocycles. The molecule has 0 aliphatic carbocycles. The van der Waals surface area contributed by atoms with Crippen molar-refractivity contribution in [2.24, 2.45) is 0 Å². The van der Waals surface area contributed by atoms with Gasteiger partial charge in [0.25, 0.3) is 5.91 Å². The van der Waals surface area contributed by atoms with Crippen LogP contribution in [0.15, 0.2) is 24.3 Å². The maximum Gasteiger partial charge on any atom is 0.410 e. The van der Waals surface area contributed by atoms with Crippen LogP contribution in [0.4, 0.5) is 19.0 Å². The van der Waals surface area contributed by atoms with Gasteiger partial charge in [-0.15, -0.1) is 0 Å². The zero-order valence-electron chi connectivity index (χ0n) is 15.3. The number of rotatable bonds is 5. The molecule has 2 heterocycles. The summed E-state index contributed by atoms with van der Waals surface area (Å²) in [5.41, 5.74) is 0.429. The molecule has 28 heavy (non-hydrogen) atoms. The van der Waals surface area contributed by atoms with Crippen LogP contribution in [0.2, 0.25) is 5.02 Å². The number of hydrogen-bond acceptors (Lipinski definition) is 4. The van der Waals surface area contributed by atoms with E-state index in [0.717, 1.165) is 4.68 Å². The van der Waals surface area contributed by atoms with Gasteiger partial charge in [-0.25, -0.2) is 4.68 Å². The number of methoxy groups -OCH3 is 1. The van der Waals surface area contributed by atoms with E-state index in [1.807, 2.05) is 6.92 Å². The van der Waals surface area contributed by atoms with Crippen LogP contribution in [-0.4, -0.2) is 35.5 Å². The van der Waals surface area contributed by atoms with Crippen LogP contribution in [0, 0.1) is 0 Å². The van der Waals surface area contributed by atoms with E-state index >= 15 is 0 Å². The summed E-state index contributed by atoms with van der Waals surface area (Å²) in [4.78, 5) is 12.2. The van der Waals surface area contributed by atoms with Gasteiger partial charge in [-0.1, -0.05) is 30.7 Å². The first-order chi connectivity index (χ1) is 13.3. The Hall–Kier alpha value is -2.42. The van der Waals surface area contributed by atoms with Crippen molar-refractivity contribution in [2.45, 2.75) is 38.0 Å². The summed E-state index contributed by atoms with van der Waals surface area (Å²) in [7, 11) is 1.51. The number of nitrogens with zero attached hydrogens (tertiary/aromatic N) is 2. The average Bonchev–Trinajstić information content (AvgIpc) is 3.01. The van der Waals surface area contributed by atoms with E-state index in [-0.39, 0.29) is 23.0 Å². The first kappa shape index (κ1) is 20.3. The van der Waals surface area contributed by atoms with Crippen molar-refractivity contribution in [1.29, 1.82) is 0 Å². The van der Waals surface area contributed by atoms with Crippen LogP contribution >= 0.6 is 11.6 Å². The van der Waals surface area contributed by atoms with E-state index in [1.165, 1.54) is 7.11 Å². The molecule has 1 aliphatic rings. The van der Waals surface area contributed by atoms with Crippen molar-refractivity contribution in [1.82, 2.24) is 15.1 Å². The highest BCUT2D eigenvalue weighted by Crippen LogP contribution is 2.46. The summed E-state index contributed by atoms with van der Waals surface area (Å²) >= 11 is 6.24. The van der Waals surface area contributed by atoms with E-state index in [0.29, 0.717) is 24.3 Å². The highest BCUT2D eigenvalue weighted by atomic mass is 35.5. The molecule has 2 aromatic rings. The smallest absolute Gasteiger partial charge is 0.410 e. The first-order valence-corrected chi connectivity index (χ1v) is 9.17. The van der Waals surface area contributed by atoms with Crippen LogP contribution in [0.3, 0.4) is 0 Å². The summed E-state index contributed by atoms with van der Waals surface area (Å²) in [6, 6.07) is 4.19. The van der Waals surface area contributed by atoms with Crippen LogP contribution in [0.1, 0.15) is 47.9 Å². The van der Waals surface area contributed by atoms with E-state index in [1.54, 1.807) is 24.3 Å². The van der Waals surface area contributed by atoms with Gasteiger partial charge < -0.3 is 15.4 Å². The summed E-state index contributed by atoms with van der Waals surface area (Å²) in [5, 5.41) is 9.34. The van der Waals surface area contributed by atoms with Gasteiger partial charge in [-0.2, -0.15) is 18.3 Å². The molecule has 2 atom stereocenters. The Morgan fingerprint density at radius 3 is 2.64 bits per heavy atom. The minimum atomic E-state index is -4.55. The van der Waals surface area contributed by atoms with Gasteiger partial charge in [-0.05, 0) is 24.1 Å². The quantitative estimate of drug-likeness (QED) is 0.760. The van der Waals surface area contributed by atoms with Crippen molar-refractivity contribution in [3.8, 4) is 5.75 Å². The van der Waals surface area contributed by atoms with Gasteiger partial charge in [0.15, 0.2) is 11.7 Å². The number of amides is 1. The number of carbonyl (C=O) groups excluding carboxylic acids is 1. The van der Waals surface area contributed by atoms with Gasteiger partial charge >= 0.3 is 6.18 Å². The third kappa shape index (κ3) is 3.89. The molecule has 0 saturated carbocycles. The van der Waals surface area contributed by atoms with Gasteiger partial charge in [0.2, 0.25) is 0 Å². The maximum absolute atomic E-state index is 13.7. The number of carbonyl (C=O) groups is 1. The lowest BCUT2D eigenvalue weighted by Gasteiger charge is -2.33. The number of nitrogens with one attached hydrogen (secondary N) is 2. The first-order valence-electron chi connectivity index (χ1n) is 8.79. The Morgan fingerprint density at radius 2 is 2.07 bits per heavy atom. The fourth-order valence-electron chi connectivity index (χ4n) is 3.11. The van der Waals surface area contributed by atoms with E-state index in [9.17, 15) is 18.0 Å². The molecule has 0 bridgehead atoms. The van der Waals surface area contributed by atoms with Gasteiger partial charge in [0, 0.05) is 13.0 Å². The molecule has 2 N–H and O–H groups in total. The van der Waals surface area contributed by atoms with Crippen molar-refractivity contribution in [2.75, 3.05) is 19.0 Å². The van der Waals surface area contributed by atoms with Gasteiger partial charge in [-0.3, -0.25) is 4.79 Å². The molecule has 10 heteroatoms. The fourth-order valence-corrected chi connectivity index (χ4v) is 3.38. The van der Waals surface area contributed by atoms with Gasteiger partial charge in [0.05, 0.1) is 13.2 Å². The summed E-state index contributed by atoms with van der Waals surface area (Å²) in [5.74, 6) is -0.0138. The fraction of sp³-hybridized carbons (Fsp3) is 0.444. The molecule has 0 spiro atoms. The lowest BCUT2D eigenvalue weighted by atomic mass is 9.97. The number of halogens is 4. The van der Waals surface area contributed by atoms with E-state index in [4.69, 9.17) is 16.3 Å². The third-order valence-electron chi connectivity index (χ3n) is 4.56. The molecule has 1 aliphatic heterocycles. The minimum Gasteiger partial charge on any atom is -0.497 e. The molecule has 0 fully saturated rings. The SMILES string of the molecule is CCCNC(=O)c1nn2c(c1Cl)N[C@H](c1ccc(OC)cc1)C[C@H]2C(F)(F)F. The molecular weight excluding hydrogens is 397 g/mol. The standard InChI is InChI=1S/C18H20ClF3N4O2/c1-3-8-23-17(27)15-14(19)16-24-12(10-4-6-11(28-2)7-5-10)9-13(18(20,21)22)26(16)25-15/h4-7,12-13,24H,3,8-9H2,1-2H3,(H,23,27)/t12-,13-/m0/s1. The number of hydrogen-bond donors (Lipinski definition) is 2. The Balaban J connectivity index is 1.99. The topological polar surface area (TPSA) is 68.2 Å². The lowest BCUT2D eigenvalue weighted by molar-refractivity contribution is -0.173. The van der Waals surface area contributed by atoms with E-state index < -0.39 is 24.2 Å². The van der Waals surface area contributed by atoms with Crippen molar-refractivity contribution < 1.29 is 22.7 Å². The summed E-state index contributed by atoms with van der Waals surface area (Å²) < 4.78 is 47.0. The second kappa shape index (κ2) is 7.90. The number of alkyl halides is 3. The zero-order valence-corrected chi connectivity index (χ0v) is 16.1. The molecule has 0 radical (unpaired) electrons. The lowest BCUT2D eigenvalue weighted by Crippen LogP contribution is -2.36. The number of fused-ring (bicyclic) bond motifs is 1. The predicted molar refractivity (Wildman–Crippen MR) is 98.9 cm³/mol. The Bertz CT molecular complexity index is 852. The minimum absolute atomic E-state index is 0.0160. The molecule has 0 unspecified atom stereocenters. The Labute approximate surface area is 165 Å². The van der Waals surface area contributed by atoms with Crippen molar-refractivity contribution >= 4 is 23.3 Å². The number of anilines is 1. The molecule has 1 amide bonds. The second-order valence-corrected chi connectivity index (χ2v) is 6.85. The van der Waals surface area contributed by atoms with Crippen molar-refractivity contribution in [3.63, 3.8) is 0 Å². The molecule has 152 valence electrons. The Morgan fingerprint density at radius 1 is 1.39 bits per heavy atom. The molecule has 1 aromatic heterocycles. The van der Waals surface area contributed by atoms with Gasteiger partial charge in [0.1, 0.15) is 16.6 Å². The normalized spacial score (nSPS) is 18.9. The third-order valence-corrected chi connectivity index (χ3v) is 4.92. The summed E-state index contributed by atoms with van der Waals surface area (Å²) in [6.07, 6.45) is -4.15. The molecule has 6 nitrogen and oxygen atoms in total. The van der Waals surface area contributed by atoms with Crippen LogP contribution in [0.5, 0.6) is 5.75 Å². The number of ether oxygens (including phenoxy) is 1. The highest BCUT2D eigenvalue weighted by molar-refractivity contribution is 6.36. The largest absolute Gasteiger partial charge is 0.497 e. The maximum atomic E-state index is 13.7. The van der Waals surface area contributed by atoms with Crippen LogP contribution < -0.4 is 15.4 Å². The molecule has 0 saturated heterocycles. The zero-order chi connectivity index (χ0) is 20.5. The number of aromatic nitrogens is 2. The van der Waals surface area contributed by atoms with E-state index in [2.05, 4.69) is 15.7 Å². The molecular formula is C18H20ClF3N4O2. The Kier molecular flexibility index (Phi) is 5.74. The monoisotopic (exact) mass is 416 g/mol. The average molecular weight is 417 g/mol. The second-order valence-electron chi connectivity index (χ2n) is 6.47. The molecule has 3 rings (SSSR count). The number of benzene rings is 1.